The topological polar surface area (TPSA) is 32.8 Å². The van der Waals surface area contributed by atoms with Crippen LogP contribution in [0.15, 0.2) is 0 Å². The van der Waals surface area contributed by atoms with Gasteiger partial charge in [0.15, 0.2) is 0 Å². The molecule has 2 heteroatoms. The Balaban J connectivity index is 1.72. The van der Waals surface area contributed by atoms with Crippen LogP contribution in [0.5, 0.6) is 0 Å². The Morgan fingerprint density at radius 3 is 2.00 bits per heavy atom. The van der Waals surface area contributed by atoms with Gasteiger partial charge in [-0.05, 0) is 42.9 Å². The van der Waals surface area contributed by atoms with E-state index in [1.807, 2.05) is 0 Å². The van der Waals surface area contributed by atoms with Gasteiger partial charge in [-0.25, -0.2) is 0 Å². The lowest BCUT2D eigenvalue weighted by Crippen LogP contribution is -2.22. The number of hydrogen-bond donors (Lipinski definition) is 1. The van der Waals surface area contributed by atoms with Gasteiger partial charge in [-0.2, -0.15) is 0 Å². The van der Waals surface area contributed by atoms with Gasteiger partial charge in [0.05, 0.1) is 18.3 Å². The Morgan fingerprint density at radius 2 is 1.42 bits per heavy atom. The highest BCUT2D eigenvalue weighted by molar-refractivity contribution is 5.16. The maximum absolute atomic E-state index is 9.56. The molecule has 0 amide bonds. The molecule has 0 spiro atoms. The number of rotatable bonds is 0. The first kappa shape index (κ1) is 6.39. The van der Waals surface area contributed by atoms with Crippen LogP contribution in [0.25, 0.3) is 0 Å². The summed E-state index contributed by atoms with van der Waals surface area (Å²) in [5, 5.41) is 9.56. The van der Waals surface area contributed by atoms with E-state index in [1.54, 1.807) is 0 Å². The second kappa shape index (κ2) is 1.73. The molecule has 6 unspecified atom stereocenters. The molecule has 1 heterocycles. The Morgan fingerprint density at radius 1 is 0.833 bits per heavy atom. The van der Waals surface area contributed by atoms with E-state index >= 15 is 0 Å². The van der Waals surface area contributed by atoms with Crippen molar-refractivity contribution >= 4 is 0 Å². The van der Waals surface area contributed by atoms with Crippen LogP contribution < -0.4 is 0 Å². The first-order valence-corrected chi connectivity index (χ1v) is 5.18. The van der Waals surface area contributed by atoms with Gasteiger partial charge < -0.3 is 9.84 Å². The molecule has 2 bridgehead atoms. The molecule has 4 rings (SSSR count). The fraction of sp³-hybridized carbons (Fsp3) is 1.00. The Bertz CT molecular complexity index is 218. The molecule has 3 saturated carbocycles. The number of hydrogen-bond acceptors (Lipinski definition) is 2. The minimum atomic E-state index is 0.0165. The van der Waals surface area contributed by atoms with E-state index in [2.05, 4.69) is 0 Å². The average Bonchev–Trinajstić information content (AvgIpc) is 2.48. The van der Waals surface area contributed by atoms with Crippen molar-refractivity contribution < 1.29 is 9.84 Å². The summed E-state index contributed by atoms with van der Waals surface area (Å²) in [7, 11) is 0. The van der Waals surface area contributed by atoms with Gasteiger partial charge in [0.25, 0.3) is 0 Å². The fourth-order valence-electron chi connectivity index (χ4n) is 4.30. The second-order valence-electron chi connectivity index (χ2n) is 5.08. The van der Waals surface area contributed by atoms with Crippen LogP contribution in [-0.2, 0) is 4.74 Å². The normalized spacial score (nSPS) is 71.2. The van der Waals surface area contributed by atoms with Crippen molar-refractivity contribution in [2.24, 2.45) is 23.7 Å². The zero-order chi connectivity index (χ0) is 7.87. The van der Waals surface area contributed by atoms with Crippen LogP contribution >= 0.6 is 0 Å². The molecular weight excluding hydrogens is 152 g/mol. The average molecular weight is 166 g/mol. The van der Waals surface area contributed by atoms with Crippen molar-refractivity contribution in [2.45, 2.75) is 37.6 Å². The largest absolute Gasteiger partial charge is 0.393 e. The van der Waals surface area contributed by atoms with Gasteiger partial charge in [0, 0.05) is 0 Å². The first-order chi connectivity index (χ1) is 5.84. The van der Waals surface area contributed by atoms with Crippen molar-refractivity contribution in [1.29, 1.82) is 0 Å². The molecule has 4 fully saturated rings. The number of ether oxygens (including phenoxy) is 1. The summed E-state index contributed by atoms with van der Waals surface area (Å²) in [6.07, 6.45) is 4.82. The van der Waals surface area contributed by atoms with Gasteiger partial charge in [0.2, 0.25) is 0 Å². The second-order valence-corrected chi connectivity index (χ2v) is 5.08. The molecule has 0 aromatic heterocycles. The Hall–Kier alpha value is -0.0800. The van der Waals surface area contributed by atoms with Crippen LogP contribution in [-0.4, -0.2) is 23.4 Å². The minimum Gasteiger partial charge on any atom is -0.393 e. The first-order valence-electron chi connectivity index (χ1n) is 5.18. The van der Waals surface area contributed by atoms with E-state index in [9.17, 15) is 5.11 Å². The van der Waals surface area contributed by atoms with Gasteiger partial charge in [0.1, 0.15) is 0 Å². The van der Waals surface area contributed by atoms with Crippen molar-refractivity contribution in [3.63, 3.8) is 0 Å². The fourth-order valence-corrected chi connectivity index (χ4v) is 4.30. The van der Waals surface area contributed by atoms with Crippen molar-refractivity contribution in [3.8, 4) is 0 Å². The summed E-state index contributed by atoms with van der Waals surface area (Å²) >= 11 is 0. The molecule has 1 aliphatic heterocycles. The van der Waals surface area contributed by atoms with Crippen molar-refractivity contribution in [3.05, 3.63) is 0 Å². The Kier molecular flexibility index (Phi) is 0.921. The highest BCUT2D eigenvalue weighted by Gasteiger charge is 2.68. The van der Waals surface area contributed by atoms with E-state index in [1.165, 1.54) is 6.42 Å². The summed E-state index contributed by atoms with van der Waals surface area (Å²) in [5.41, 5.74) is 0. The van der Waals surface area contributed by atoms with Gasteiger partial charge in [-0.1, -0.05) is 0 Å². The number of fused-ring (bicyclic) bond motifs is 8. The molecule has 0 radical (unpaired) electrons. The van der Waals surface area contributed by atoms with Crippen LogP contribution in [0, 0.1) is 23.7 Å². The van der Waals surface area contributed by atoms with E-state index in [0.717, 1.165) is 36.5 Å². The predicted octanol–water partition coefficient (Wildman–Crippen LogP) is 0.791. The molecule has 12 heavy (non-hydrogen) atoms. The van der Waals surface area contributed by atoms with E-state index in [-0.39, 0.29) is 6.10 Å². The Labute approximate surface area is 71.9 Å². The van der Waals surface area contributed by atoms with Gasteiger partial charge >= 0.3 is 0 Å². The zero-order valence-corrected chi connectivity index (χ0v) is 7.02. The monoisotopic (exact) mass is 166 g/mol. The summed E-state index contributed by atoms with van der Waals surface area (Å²) in [5.74, 6) is 3.33. The lowest BCUT2D eigenvalue weighted by atomic mass is 9.82. The summed E-state index contributed by atoms with van der Waals surface area (Å²) in [6, 6.07) is 0. The van der Waals surface area contributed by atoms with Crippen LogP contribution in [0.4, 0.5) is 0 Å². The lowest BCUT2D eigenvalue weighted by Gasteiger charge is -2.20. The molecule has 3 aliphatic carbocycles. The number of epoxide rings is 1. The number of aliphatic hydroxyl groups is 1. The minimum absolute atomic E-state index is 0.0165. The smallest absolute Gasteiger partial charge is 0.0875 e. The highest BCUT2D eigenvalue weighted by Crippen LogP contribution is 2.65. The summed E-state index contributed by atoms with van der Waals surface area (Å²) in [6.45, 7) is 0. The predicted molar refractivity (Wildman–Crippen MR) is 42.5 cm³/mol. The molecular formula is C10H14O2. The van der Waals surface area contributed by atoms with Crippen LogP contribution in [0.1, 0.15) is 19.3 Å². The quantitative estimate of drug-likeness (QED) is 0.540. The van der Waals surface area contributed by atoms with Gasteiger partial charge in [-0.3, -0.25) is 0 Å². The standard InChI is InChI=1S/C10H14O2/c11-4-1-5-6(2-4)8-3-7(5)9-10(8)12-9/h4-11H,1-3H2. The SMILES string of the molecule is OC1CC2C(C1)C1CC2C2OC12. The zero-order valence-electron chi connectivity index (χ0n) is 7.02. The molecule has 1 saturated heterocycles. The van der Waals surface area contributed by atoms with Crippen molar-refractivity contribution in [2.75, 3.05) is 0 Å². The third kappa shape index (κ3) is 0.549. The van der Waals surface area contributed by atoms with Crippen LogP contribution in [0.2, 0.25) is 0 Å². The molecule has 0 aromatic carbocycles. The van der Waals surface area contributed by atoms with Gasteiger partial charge in [-0.15, -0.1) is 0 Å². The van der Waals surface area contributed by atoms with Crippen LogP contribution in [0.3, 0.4) is 0 Å². The van der Waals surface area contributed by atoms with Crippen molar-refractivity contribution in [1.82, 2.24) is 0 Å². The van der Waals surface area contributed by atoms with E-state index in [4.69, 9.17) is 4.74 Å². The van der Waals surface area contributed by atoms with E-state index in [0.29, 0.717) is 12.2 Å². The summed E-state index contributed by atoms with van der Waals surface area (Å²) in [4.78, 5) is 0. The summed E-state index contributed by atoms with van der Waals surface area (Å²) < 4.78 is 5.63. The third-order valence-electron chi connectivity index (χ3n) is 4.69. The maximum atomic E-state index is 9.56. The molecule has 1 N–H and O–H groups in total. The molecule has 4 aliphatic rings. The highest BCUT2D eigenvalue weighted by atomic mass is 16.6. The molecule has 0 aromatic rings. The molecule has 66 valence electrons. The third-order valence-corrected chi connectivity index (χ3v) is 4.69. The molecule has 6 atom stereocenters. The lowest BCUT2D eigenvalue weighted by molar-refractivity contribution is 0.152. The maximum Gasteiger partial charge on any atom is 0.0875 e. The van der Waals surface area contributed by atoms with E-state index < -0.39 is 0 Å². The molecule has 2 nitrogen and oxygen atoms in total. The number of aliphatic hydroxyl groups excluding tert-OH is 1.